The van der Waals surface area contributed by atoms with Crippen LogP contribution < -0.4 is 5.32 Å². The fraction of sp³-hybridized carbons (Fsp3) is 0.526. The lowest BCUT2D eigenvalue weighted by Crippen LogP contribution is -2.52. The van der Waals surface area contributed by atoms with E-state index in [-0.39, 0.29) is 24.8 Å². The van der Waals surface area contributed by atoms with Gasteiger partial charge in [-0.05, 0) is 18.4 Å². The summed E-state index contributed by atoms with van der Waals surface area (Å²) in [4.78, 5) is 29.5. The van der Waals surface area contributed by atoms with E-state index in [9.17, 15) is 14.7 Å². The monoisotopic (exact) mass is 344 g/mol. The van der Waals surface area contributed by atoms with Crippen molar-refractivity contribution in [2.45, 2.75) is 63.0 Å². The lowest BCUT2D eigenvalue weighted by Gasteiger charge is -2.29. The molecule has 6 heteroatoms. The van der Waals surface area contributed by atoms with Crippen molar-refractivity contribution in [2.75, 3.05) is 0 Å². The molecule has 6 nitrogen and oxygen atoms in total. The molecule has 1 aliphatic carbocycles. The number of nitrogens with one attached hydrogen (secondary N) is 1. The minimum atomic E-state index is -1.42. The van der Waals surface area contributed by atoms with Crippen LogP contribution in [0.2, 0.25) is 0 Å². The molecule has 0 saturated heterocycles. The molecule has 0 aromatic heterocycles. The largest absolute Gasteiger partial charge is 0.481 e. The highest BCUT2D eigenvalue weighted by atomic mass is 16.7. The van der Waals surface area contributed by atoms with E-state index in [2.05, 4.69) is 10.5 Å². The van der Waals surface area contributed by atoms with Crippen molar-refractivity contribution in [3.8, 4) is 0 Å². The fourth-order valence-electron chi connectivity index (χ4n) is 3.58. The molecule has 134 valence electrons. The van der Waals surface area contributed by atoms with Gasteiger partial charge in [-0.25, -0.2) is 0 Å². The number of aliphatic carboxylic acids is 1. The Morgan fingerprint density at radius 2 is 1.92 bits per heavy atom. The number of carbonyl (C=O) groups is 2. The first kappa shape index (κ1) is 17.5. The standard InChI is InChI=1S/C19H24N2O4/c22-17(23)13-19(18(24)20-15-9-5-2-6-10-15)12-16(21-25-19)11-14-7-3-1-4-8-14/h1,3-4,7-8,15H,2,5-6,9-13H2,(H,20,24)(H,22,23)/t19-/m0/s1. The van der Waals surface area contributed by atoms with Crippen molar-refractivity contribution < 1.29 is 19.5 Å². The van der Waals surface area contributed by atoms with Gasteiger partial charge >= 0.3 is 5.97 Å². The van der Waals surface area contributed by atoms with Crippen LogP contribution in [0.25, 0.3) is 0 Å². The van der Waals surface area contributed by atoms with Gasteiger partial charge in [0.1, 0.15) is 0 Å². The minimum absolute atomic E-state index is 0.105. The average Bonchev–Trinajstić information content (AvgIpc) is 3.00. The van der Waals surface area contributed by atoms with E-state index in [1.807, 2.05) is 30.3 Å². The number of carboxylic acid groups (broad SMARTS) is 1. The molecule has 0 unspecified atom stereocenters. The number of carbonyl (C=O) groups excluding carboxylic acids is 1. The molecule has 1 saturated carbocycles. The topological polar surface area (TPSA) is 88.0 Å². The third-order valence-corrected chi connectivity index (χ3v) is 4.88. The molecular weight excluding hydrogens is 320 g/mol. The second kappa shape index (κ2) is 7.68. The summed E-state index contributed by atoms with van der Waals surface area (Å²) in [5.41, 5.74) is 0.336. The lowest BCUT2D eigenvalue weighted by molar-refractivity contribution is -0.156. The summed E-state index contributed by atoms with van der Waals surface area (Å²) in [6.45, 7) is 0. The average molecular weight is 344 g/mol. The fourth-order valence-corrected chi connectivity index (χ4v) is 3.58. The van der Waals surface area contributed by atoms with Crippen molar-refractivity contribution in [2.24, 2.45) is 5.16 Å². The zero-order valence-corrected chi connectivity index (χ0v) is 14.2. The van der Waals surface area contributed by atoms with Gasteiger partial charge in [0.25, 0.3) is 5.91 Å². The number of amides is 1. The lowest BCUT2D eigenvalue weighted by atomic mass is 9.89. The Balaban J connectivity index is 1.67. The molecule has 3 rings (SSSR count). The van der Waals surface area contributed by atoms with Gasteiger partial charge in [0.15, 0.2) is 0 Å². The Bertz CT molecular complexity index is 653. The quantitative estimate of drug-likeness (QED) is 0.830. The first-order chi connectivity index (χ1) is 12.1. The molecule has 0 spiro atoms. The van der Waals surface area contributed by atoms with E-state index in [4.69, 9.17) is 4.84 Å². The molecule has 2 aliphatic rings. The van der Waals surface area contributed by atoms with E-state index in [1.54, 1.807) is 0 Å². The van der Waals surface area contributed by atoms with E-state index in [0.29, 0.717) is 12.1 Å². The Morgan fingerprint density at radius 1 is 1.20 bits per heavy atom. The molecule has 25 heavy (non-hydrogen) atoms. The highest BCUT2D eigenvalue weighted by molar-refractivity contribution is 5.98. The maximum absolute atomic E-state index is 12.8. The third kappa shape index (κ3) is 4.38. The zero-order valence-electron chi connectivity index (χ0n) is 14.2. The molecule has 1 amide bonds. The minimum Gasteiger partial charge on any atom is -0.481 e. The molecular formula is C19H24N2O4. The van der Waals surface area contributed by atoms with Crippen LogP contribution >= 0.6 is 0 Å². The van der Waals surface area contributed by atoms with Crippen molar-refractivity contribution in [3.05, 3.63) is 35.9 Å². The Labute approximate surface area is 147 Å². The second-order valence-corrected chi connectivity index (χ2v) is 6.96. The van der Waals surface area contributed by atoms with Gasteiger partial charge < -0.3 is 15.3 Å². The van der Waals surface area contributed by atoms with E-state index in [1.165, 1.54) is 6.42 Å². The third-order valence-electron chi connectivity index (χ3n) is 4.88. The predicted molar refractivity (Wildman–Crippen MR) is 93.3 cm³/mol. The molecule has 0 radical (unpaired) electrons. The normalized spacial score (nSPS) is 23.6. The van der Waals surface area contributed by atoms with Crippen molar-refractivity contribution in [3.63, 3.8) is 0 Å². The molecule has 1 aliphatic heterocycles. The number of hydrogen-bond donors (Lipinski definition) is 2. The summed E-state index contributed by atoms with van der Waals surface area (Å²) < 4.78 is 0. The second-order valence-electron chi connectivity index (χ2n) is 6.96. The van der Waals surface area contributed by atoms with E-state index in [0.717, 1.165) is 31.2 Å². The molecule has 1 heterocycles. The Morgan fingerprint density at radius 3 is 2.60 bits per heavy atom. The van der Waals surface area contributed by atoms with Crippen LogP contribution in [0.15, 0.2) is 35.5 Å². The molecule has 1 aromatic carbocycles. The summed E-state index contributed by atoms with van der Waals surface area (Å²) in [6.07, 6.45) is 5.63. The van der Waals surface area contributed by atoms with Crippen LogP contribution in [-0.2, 0) is 20.8 Å². The number of rotatable bonds is 6. The Kier molecular flexibility index (Phi) is 5.36. The van der Waals surface area contributed by atoms with Crippen molar-refractivity contribution in [1.82, 2.24) is 5.32 Å². The highest BCUT2D eigenvalue weighted by Gasteiger charge is 2.48. The van der Waals surface area contributed by atoms with Gasteiger partial charge in [-0.3, -0.25) is 9.59 Å². The first-order valence-electron chi connectivity index (χ1n) is 8.88. The molecule has 1 atom stereocenters. The predicted octanol–water partition coefficient (Wildman–Crippen LogP) is 2.67. The highest BCUT2D eigenvalue weighted by Crippen LogP contribution is 2.30. The van der Waals surface area contributed by atoms with Crippen molar-refractivity contribution in [1.29, 1.82) is 0 Å². The Hall–Kier alpha value is -2.37. The van der Waals surface area contributed by atoms with E-state index >= 15 is 0 Å². The van der Waals surface area contributed by atoms with Gasteiger partial charge in [0.2, 0.25) is 5.60 Å². The van der Waals surface area contributed by atoms with Crippen LogP contribution in [0.5, 0.6) is 0 Å². The van der Waals surface area contributed by atoms with Crippen molar-refractivity contribution >= 4 is 17.6 Å². The summed E-state index contributed by atoms with van der Waals surface area (Å²) in [7, 11) is 0. The smallest absolute Gasteiger partial charge is 0.308 e. The number of carboxylic acids is 1. The summed E-state index contributed by atoms with van der Waals surface area (Å²) in [5, 5.41) is 16.3. The maximum atomic E-state index is 12.8. The summed E-state index contributed by atoms with van der Waals surface area (Å²) in [6, 6.07) is 9.86. The van der Waals surface area contributed by atoms with Gasteiger partial charge in [0, 0.05) is 18.9 Å². The number of hydrogen-bond acceptors (Lipinski definition) is 4. The number of oxime groups is 1. The summed E-state index contributed by atoms with van der Waals surface area (Å²) >= 11 is 0. The molecule has 2 N–H and O–H groups in total. The number of benzene rings is 1. The molecule has 0 bridgehead atoms. The van der Waals surface area contributed by atoms with E-state index < -0.39 is 11.6 Å². The van der Waals surface area contributed by atoms with Crippen LogP contribution in [0, 0.1) is 0 Å². The first-order valence-corrected chi connectivity index (χ1v) is 8.88. The van der Waals surface area contributed by atoms with Gasteiger partial charge in [-0.2, -0.15) is 0 Å². The van der Waals surface area contributed by atoms with Crippen LogP contribution in [0.4, 0.5) is 0 Å². The maximum Gasteiger partial charge on any atom is 0.308 e. The van der Waals surface area contributed by atoms with Crippen LogP contribution in [-0.4, -0.2) is 34.3 Å². The van der Waals surface area contributed by atoms with Crippen LogP contribution in [0.1, 0.15) is 50.5 Å². The van der Waals surface area contributed by atoms with Crippen LogP contribution in [0.3, 0.4) is 0 Å². The van der Waals surface area contributed by atoms with Gasteiger partial charge in [0.05, 0.1) is 12.1 Å². The van der Waals surface area contributed by atoms with Gasteiger partial charge in [-0.1, -0.05) is 54.8 Å². The molecule has 1 aromatic rings. The SMILES string of the molecule is O=C(O)C[C@]1(C(=O)NC2CCCCC2)CC(Cc2ccccc2)=NO1. The van der Waals surface area contributed by atoms with Gasteiger partial charge in [-0.15, -0.1) is 0 Å². The number of nitrogens with zero attached hydrogens (tertiary/aromatic N) is 1. The molecule has 1 fully saturated rings. The zero-order chi connectivity index (χ0) is 17.7. The summed E-state index contributed by atoms with van der Waals surface area (Å²) in [5.74, 6) is -1.41.